The molecule has 0 aliphatic rings. The molecule has 0 bridgehead atoms. The lowest BCUT2D eigenvalue weighted by molar-refractivity contribution is -0.122. The van der Waals surface area contributed by atoms with Gasteiger partial charge in [0, 0.05) is 13.1 Å². The van der Waals surface area contributed by atoms with Gasteiger partial charge in [-0.05, 0) is 11.6 Å². The standard InChI is InChI=1S/C19H14N8O2/c1-21-18(28)14(11-6-3-2-4-7-11)26-17-12(10-22-26)16-23-15(13-8-5-9-29-13)25-27(16)19(20)24-17/h2-4,6-8,10,14H,1H3,(H2,20,24)(H,21,28)/t14-/m1/s1. The summed E-state index contributed by atoms with van der Waals surface area (Å²) in [6, 6.07) is 12.9. The molecule has 1 atom stereocenters. The summed E-state index contributed by atoms with van der Waals surface area (Å²) < 4.78 is 8.13. The lowest BCUT2D eigenvalue weighted by atomic mass is 10.1. The summed E-state index contributed by atoms with van der Waals surface area (Å²) in [5.41, 5.74) is 7.76. The number of nitrogens with two attached hydrogens (primary N) is 1. The Labute approximate surface area is 164 Å². The average molecular weight is 386 g/mol. The minimum absolute atomic E-state index is 0.108. The number of aromatic nitrogens is 6. The van der Waals surface area contributed by atoms with Crippen LogP contribution in [0.15, 0.2) is 47.0 Å². The number of benzene rings is 1. The summed E-state index contributed by atoms with van der Waals surface area (Å²) in [5, 5.41) is 12.0. The molecule has 0 aliphatic heterocycles. The lowest BCUT2D eigenvalue weighted by Crippen LogP contribution is -2.31. The van der Waals surface area contributed by atoms with E-state index in [0.29, 0.717) is 28.3 Å². The minimum atomic E-state index is -0.718. The third-order valence-corrected chi connectivity index (χ3v) is 4.55. The summed E-state index contributed by atoms with van der Waals surface area (Å²) in [7, 11) is 1.58. The van der Waals surface area contributed by atoms with Crippen molar-refractivity contribution in [1.82, 2.24) is 34.7 Å². The van der Waals surface area contributed by atoms with Crippen LogP contribution < -0.4 is 11.1 Å². The number of anilines is 1. The van der Waals surface area contributed by atoms with E-state index in [1.54, 1.807) is 19.3 Å². The molecule has 29 heavy (non-hydrogen) atoms. The first-order valence-electron chi connectivity index (χ1n) is 8.71. The van der Waals surface area contributed by atoms with Crippen LogP contribution in [0.25, 0.3) is 28.3 Å². The van der Waals surface area contributed by atoms with Gasteiger partial charge in [0.15, 0.2) is 23.1 Å². The Balaban J connectivity index is 1.74. The first-order valence-corrected chi connectivity index (χ1v) is 8.71. The van der Waals surface area contributed by atoms with E-state index in [2.05, 4.69) is 37.8 Å². The molecule has 0 saturated carbocycles. The van der Waals surface area contributed by atoms with Crippen LogP contribution >= 0.6 is 0 Å². The minimum Gasteiger partial charge on any atom is -0.402 e. The number of nitrogens with zero attached hydrogens (tertiary/aromatic N) is 6. The fraction of sp³-hybridized carbons (Fsp3) is 0.105. The van der Waals surface area contributed by atoms with Crippen molar-refractivity contribution in [2.75, 3.05) is 12.8 Å². The Morgan fingerprint density at radius 1 is 1.24 bits per heavy atom. The van der Waals surface area contributed by atoms with Gasteiger partial charge in [-0.25, -0.2) is 9.67 Å². The number of carbonyl (C=O) groups excluding carboxylic acids is 1. The number of amides is 1. The quantitative estimate of drug-likeness (QED) is 0.475. The van der Waals surface area contributed by atoms with Crippen LogP contribution in [0.4, 0.5) is 5.95 Å². The summed E-state index contributed by atoms with van der Waals surface area (Å²) in [5.74, 6) is 0.602. The second-order valence-corrected chi connectivity index (χ2v) is 6.25. The molecule has 5 rings (SSSR count). The molecule has 10 nitrogen and oxygen atoms in total. The second kappa shape index (κ2) is 6.35. The lowest BCUT2D eigenvalue weighted by Gasteiger charge is -2.17. The topological polar surface area (TPSA) is 129 Å². The smallest absolute Gasteiger partial charge is 0.249 e. The fourth-order valence-electron chi connectivity index (χ4n) is 3.22. The van der Waals surface area contributed by atoms with Gasteiger partial charge in [0.05, 0.1) is 11.6 Å². The van der Waals surface area contributed by atoms with Crippen molar-refractivity contribution in [2.45, 2.75) is 6.04 Å². The van der Waals surface area contributed by atoms with Crippen molar-refractivity contribution in [3.8, 4) is 11.6 Å². The molecular formula is C19H14N8O2. The van der Waals surface area contributed by atoms with E-state index < -0.39 is 6.04 Å². The zero-order valence-electron chi connectivity index (χ0n) is 15.2. The SMILES string of the molecule is CNC(=O)[C@@H](c1ccccc1)n1ncc2c1nc(N)n1nc(-c3cc#co3)nc21. The van der Waals surface area contributed by atoms with Crippen LogP contribution in [0.3, 0.4) is 0 Å². The maximum absolute atomic E-state index is 12.7. The molecule has 3 N–H and O–H groups in total. The Hall–Kier alpha value is -4.39. The molecule has 0 aliphatic carbocycles. The highest BCUT2D eigenvalue weighted by molar-refractivity contribution is 5.92. The molecule has 142 valence electrons. The molecule has 0 fully saturated rings. The Bertz CT molecular complexity index is 1320. The van der Waals surface area contributed by atoms with Gasteiger partial charge in [0.1, 0.15) is 6.26 Å². The Kier molecular flexibility index (Phi) is 3.67. The summed E-state index contributed by atoms with van der Waals surface area (Å²) in [6.45, 7) is 0. The van der Waals surface area contributed by atoms with Gasteiger partial charge in [-0.15, -0.1) is 5.10 Å². The van der Waals surface area contributed by atoms with Gasteiger partial charge in [-0.1, -0.05) is 30.3 Å². The molecule has 1 aromatic carbocycles. The summed E-state index contributed by atoms with van der Waals surface area (Å²) in [6.07, 6.45) is 4.08. The highest BCUT2D eigenvalue weighted by Crippen LogP contribution is 2.27. The number of rotatable bonds is 4. The molecular weight excluding hydrogens is 372 g/mol. The predicted octanol–water partition coefficient (Wildman–Crippen LogP) is 1.25. The van der Waals surface area contributed by atoms with Gasteiger partial charge in [-0.3, -0.25) is 4.79 Å². The zero-order valence-corrected chi connectivity index (χ0v) is 15.2. The predicted molar refractivity (Wildman–Crippen MR) is 103 cm³/mol. The number of hydrogen-bond donors (Lipinski definition) is 2. The van der Waals surface area contributed by atoms with Crippen molar-refractivity contribution in [2.24, 2.45) is 0 Å². The molecule has 10 heteroatoms. The number of fused-ring (bicyclic) bond motifs is 3. The zero-order chi connectivity index (χ0) is 20.0. The summed E-state index contributed by atoms with van der Waals surface area (Å²) in [4.78, 5) is 21.6. The van der Waals surface area contributed by atoms with E-state index in [0.717, 1.165) is 5.56 Å². The number of carbonyl (C=O) groups is 1. The number of likely N-dealkylation sites (N-methyl/N-ethyl adjacent to an activating group) is 1. The summed E-state index contributed by atoms with van der Waals surface area (Å²) >= 11 is 0. The van der Waals surface area contributed by atoms with Crippen LogP contribution in [-0.4, -0.2) is 42.3 Å². The first kappa shape index (κ1) is 16.8. The van der Waals surface area contributed by atoms with Crippen LogP contribution in [0, 0.1) is 12.3 Å². The van der Waals surface area contributed by atoms with Crippen molar-refractivity contribution in [3.05, 3.63) is 60.5 Å². The van der Waals surface area contributed by atoms with Gasteiger partial charge in [0.25, 0.3) is 0 Å². The molecule has 5 aromatic rings. The maximum Gasteiger partial charge on any atom is 0.249 e. The van der Waals surface area contributed by atoms with E-state index in [4.69, 9.17) is 10.2 Å². The Morgan fingerprint density at radius 2 is 2.07 bits per heavy atom. The van der Waals surface area contributed by atoms with Crippen LogP contribution in [0.1, 0.15) is 11.6 Å². The highest BCUT2D eigenvalue weighted by atomic mass is 16.3. The normalized spacial score (nSPS) is 12.2. The number of hydrogen-bond acceptors (Lipinski definition) is 7. The van der Waals surface area contributed by atoms with Crippen molar-refractivity contribution in [3.63, 3.8) is 0 Å². The molecule has 0 radical (unpaired) electrons. The molecule has 4 aromatic heterocycles. The molecule has 0 unspecified atom stereocenters. The van der Waals surface area contributed by atoms with Gasteiger partial charge in [0.2, 0.25) is 17.7 Å². The van der Waals surface area contributed by atoms with Crippen molar-refractivity contribution < 1.29 is 9.21 Å². The number of nitrogens with one attached hydrogen (secondary N) is 1. The van der Waals surface area contributed by atoms with Crippen molar-refractivity contribution in [1.29, 1.82) is 0 Å². The van der Waals surface area contributed by atoms with E-state index in [-0.39, 0.29) is 11.9 Å². The molecule has 4 heterocycles. The first-order chi connectivity index (χ1) is 14.2. The van der Waals surface area contributed by atoms with Crippen molar-refractivity contribution >= 4 is 28.5 Å². The van der Waals surface area contributed by atoms with E-state index in [1.807, 2.05) is 30.3 Å². The third kappa shape index (κ3) is 2.56. The fourth-order valence-corrected chi connectivity index (χ4v) is 3.22. The van der Waals surface area contributed by atoms with Crippen LogP contribution in [-0.2, 0) is 4.79 Å². The van der Waals surface area contributed by atoms with E-state index in [9.17, 15) is 4.79 Å². The van der Waals surface area contributed by atoms with E-state index in [1.165, 1.54) is 9.20 Å². The third-order valence-electron chi connectivity index (χ3n) is 4.55. The van der Waals surface area contributed by atoms with Gasteiger partial charge in [-0.2, -0.15) is 14.6 Å². The van der Waals surface area contributed by atoms with Crippen LogP contribution in [0.5, 0.6) is 0 Å². The van der Waals surface area contributed by atoms with Crippen LogP contribution in [0.2, 0.25) is 0 Å². The molecule has 0 saturated heterocycles. The molecule has 0 spiro atoms. The van der Waals surface area contributed by atoms with Gasteiger partial charge >= 0.3 is 0 Å². The average Bonchev–Trinajstić information content (AvgIpc) is 3.48. The Morgan fingerprint density at radius 3 is 2.79 bits per heavy atom. The monoisotopic (exact) mass is 386 g/mol. The maximum atomic E-state index is 12.7. The number of nitrogen functional groups attached to an aromatic ring is 1. The van der Waals surface area contributed by atoms with Gasteiger partial charge < -0.3 is 15.5 Å². The van der Waals surface area contributed by atoms with E-state index >= 15 is 0 Å². The molecule has 1 amide bonds. The highest BCUT2D eigenvalue weighted by Gasteiger charge is 2.26. The second-order valence-electron chi connectivity index (χ2n) is 6.25. The largest absolute Gasteiger partial charge is 0.402 e.